The van der Waals surface area contributed by atoms with E-state index in [2.05, 4.69) is 192 Å². The summed E-state index contributed by atoms with van der Waals surface area (Å²) in [6.07, 6.45) is 4.97. The fourth-order valence-electron chi connectivity index (χ4n) is 9.75. The molecule has 0 spiro atoms. The lowest BCUT2D eigenvalue weighted by Gasteiger charge is -2.34. The average Bonchev–Trinajstić information content (AvgIpc) is 3.69. The molecule has 0 saturated heterocycles. The van der Waals surface area contributed by atoms with Crippen LogP contribution in [-0.4, -0.2) is 10.6 Å². The van der Waals surface area contributed by atoms with Gasteiger partial charge in [0.15, 0.2) is 0 Å². The van der Waals surface area contributed by atoms with Crippen LogP contribution in [-0.2, 0) is 0 Å². The van der Waals surface area contributed by atoms with Crippen LogP contribution in [0.15, 0.2) is 176 Å². The van der Waals surface area contributed by atoms with Crippen LogP contribution in [0.25, 0.3) is 82.4 Å². The number of aromatic nitrogens is 1. The Bertz CT molecular complexity index is 3100. The van der Waals surface area contributed by atoms with E-state index in [1.165, 1.54) is 105 Å². The zero-order valence-electron chi connectivity index (χ0n) is 29.3. The Kier molecular flexibility index (Phi) is 5.85. The molecule has 2 atom stereocenters. The molecule has 0 bridgehead atoms. The second kappa shape index (κ2) is 10.7. The van der Waals surface area contributed by atoms with Crippen molar-refractivity contribution in [2.45, 2.75) is 13.0 Å². The quantitative estimate of drug-likeness (QED) is 0.177. The lowest BCUT2D eigenvalue weighted by Crippen LogP contribution is -2.33. The lowest BCUT2D eigenvalue weighted by atomic mass is 9.83. The summed E-state index contributed by atoms with van der Waals surface area (Å²) in [5.74, 6) is 0.301. The Morgan fingerprint density at radius 1 is 0.472 bits per heavy atom. The number of nitrogens with zero attached hydrogens (tertiary/aromatic N) is 2. The molecule has 0 N–H and O–H groups in total. The fourth-order valence-corrected chi connectivity index (χ4v) is 9.75. The van der Waals surface area contributed by atoms with Crippen LogP contribution >= 0.6 is 0 Å². The standard InChI is InChI=1S/C51H34N2/c1-31-25-37(29-46-41-17-8-9-20-47(41)52(50(31)46)38-23-21-32-11-2-3-12-33(32)26-38)36-22-24-48-45(28-36)43-19-10-18-42-39-15-6-7-16-40(39)44-27-34-13-4-5-14-35(34)30-49(44)53(48)51(42)43/h2-31,50H,1H3. The lowest BCUT2D eigenvalue weighted by molar-refractivity contribution is 0.639. The molecule has 0 fully saturated rings. The average molecular weight is 675 g/mol. The largest absolute Gasteiger partial charge is 0.333 e. The molecule has 3 aliphatic rings. The summed E-state index contributed by atoms with van der Waals surface area (Å²) in [6, 6.07) is 61.2. The Balaban J connectivity index is 1.05. The van der Waals surface area contributed by atoms with Gasteiger partial charge >= 0.3 is 0 Å². The van der Waals surface area contributed by atoms with Crippen molar-refractivity contribution < 1.29 is 0 Å². The third kappa shape index (κ3) is 4.04. The van der Waals surface area contributed by atoms with Crippen LogP contribution < -0.4 is 4.90 Å². The minimum Gasteiger partial charge on any atom is -0.333 e. The molecule has 248 valence electrons. The first-order valence-electron chi connectivity index (χ1n) is 18.7. The SMILES string of the molecule is CC1C=C(c2ccc3c(c2)c2cccc4c2n3-c2cc3ccccc3cc2-c2ccccc2-4)C=C2c3ccccc3N(c3ccc4ccccc4c3)C21. The molecule has 0 amide bonds. The highest BCUT2D eigenvalue weighted by atomic mass is 15.2. The first kappa shape index (κ1) is 29.0. The van der Waals surface area contributed by atoms with Gasteiger partial charge in [-0.25, -0.2) is 0 Å². The molecule has 2 nitrogen and oxygen atoms in total. The van der Waals surface area contributed by atoms with Crippen LogP contribution in [0.1, 0.15) is 18.1 Å². The number of para-hydroxylation sites is 2. The monoisotopic (exact) mass is 674 g/mol. The first-order chi connectivity index (χ1) is 26.2. The van der Waals surface area contributed by atoms with Gasteiger partial charge in [0.05, 0.1) is 22.8 Å². The number of anilines is 2. The maximum absolute atomic E-state index is 2.57. The molecule has 1 aromatic heterocycles. The molecule has 2 aliphatic heterocycles. The molecule has 9 aromatic rings. The van der Waals surface area contributed by atoms with Gasteiger partial charge in [-0.2, -0.15) is 0 Å². The van der Waals surface area contributed by atoms with Crippen molar-refractivity contribution in [1.29, 1.82) is 0 Å². The minimum atomic E-state index is 0.231. The predicted molar refractivity (Wildman–Crippen MR) is 224 cm³/mol. The van der Waals surface area contributed by atoms with Crippen LogP contribution in [0.3, 0.4) is 0 Å². The summed E-state index contributed by atoms with van der Waals surface area (Å²) in [6.45, 7) is 2.39. The third-order valence-corrected chi connectivity index (χ3v) is 12.1. The van der Waals surface area contributed by atoms with Crippen LogP contribution in [0.5, 0.6) is 0 Å². The highest BCUT2D eigenvalue weighted by molar-refractivity contribution is 6.17. The van der Waals surface area contributed by atoms with Crippen LogP contribution in [0.4, 0.5) is 11.4 Å². The maximum Gasteiger partial charge on any atom is 0.0658 e. The second-order valence-corrected chi connectivity index (χ2v) is 15.0. The van der Waals surface area contributed by atoms with E-state index >= 15 is 0 Å². The van der Waals surface area contributed by atoms with Gasteiger partial charge in [0, 0.05) is 38.8 Å². The molecule has 2 unspecified atom stereocenters. The zero-order chi connectivity index (χ0) is 34.8. The smallest absolute Gasteiger partial charge is 0.0658 e. The van der Waals surface area contributed by atoms with E-state index in [1.807, 2.05) is 0 Å². The van der Waals surface area contributed by atoms with Crippen molar-refractivity contribution in [1.82, 2.24) is 4.57 Å². The molecule has 3 heterocycles. The molecule has 12 rings (SSSR count). The van der Waals surface area contributed by atoms with E-state index in [-0.39, 0.29) is 6.04 Å². The number of allylic oxidation sites excluding steroid dienone is 2. The van der Waals surface area contributed by atoms with Crippen molar-refractivity contribution in [2.24, 2.45) is 5.92 Å². The summed E-state index contributed by atoms with van der Waals surface area (Å²) in [5.41, 5.74) is 16.7. The molecule has 1 aliphatic carbocycles. The van der Waals surface area contributed by atoms with Gasteiger partial charge in [-0.1, -0.05) is 134 Å². The Morgan fingerprint density at radius 3 is 1.98 bits per heavy atom. The van der Waals surface area contributed by atoms with Crippen molar-refractivity contribution in [2.75, 3.05) is 4.90 Å². The normalized spacial score (nSPS) is 17.0. The summed E-state index contributed by atoms with van der Waals surface area (Å²) in [7, 11) is 0. The molecular formula is C51H34N2. The van der Waals surface area contributed by atoms with Gasteiger partial charge in [-0.3, -0.25) is 0 Å². The molecule has 2 heteroatoms. The summed E-state index contributed by atoms with van der Waals surface area (Å²) < 4.78 is 2.53. The van der Waals surface area contributed by atoms with Gasteiger partial charge < -0.3 is 9.47 Å². The third-order valence-electron chi connectivity index (χ3n) is 12.1. The zero-order valence-corrected chi connectivity index (χ0v) is 29.3. The van der Waals surface area contributed by atoms with Crippen LogP contribution in [0.2, 0.25) is 0 Å². The highest BCUT2D eigenvalue weighted by Crippen LogP contribution is 2.52. The second-order valence-electron chi connectivity index (χ2n) is 15.0. The Labute approximate surface area is 308 Å². The minimum absolute atomic E-state index is 0.231. The van der Waals surface area contributed by atoms with Crippen molar-refractivity contribution >= 4 is 65.9 Å². The fraction of sp³-hybridized carbons (Fsp3) is 0.0588. The van der Waals surface area contributed by atoms with Gasteiger partial charge in [0.25, 0.3) is 0 Å². The highest BCUT2D eigenvalue weighted by Gasteiger charge is 2.39. The van der Waals surface area contributed by atoms with Gasteiger partial charge in [-0.15, -0.1) is 0 Å². The van der Waals surface area contributed by atoms with Crippen LogP contribution in [0, 0.1) is 5.92 Å². The number of fused-ring (bicyclic) bond motifs is 13. The summed E-state index contributed by atoms with van der Waals surface area (Å²) in [5, 5.41) is 7.64. The summed E-state index contributed by atoms with van der Waals surface area (Å²) in [4.78, 5) is 2.57. The molecule has 0 saturated carbocycles. The van der Waals surface area contributed by atoms with Gasteiger partial charge in [-0.05, 0) is 104 Å². The van der Waals surface area contributed by atoms with Crippen molar-refractivity contribution in [3.8, 4) is 27.9 Å². The molecule has 8 aromatic carbocycles. The predicted octanol–water partition coefficient (Wildman–Crippen LogP) is 13.4. The number of hydrogen-bond donors (Lipinski definition) is 0. The van der Waals surface area contributed by atoms with E-state index in [4.69, 9.17) is 0 Å². The van der Waals surface area contributed by atoms with Gasteiger partial charge in [0.1, 0.15) is 0 Å². The molecular weight excluding hydrogens is 641 g/mol. The maximum atomic E-state index is 2.57. The number of hydrogen-bond acceptors (Lipinski definition) is 1. The van der Waals surface area contributed by atoms with Gasteiger partial charge in [0.2, 0.25) is 0 Å². The Hall–Kier alpha value is -6.64. The Morgan fingerprint density at radius 2 is 1.15 bits per heavy atom. The van der Waals surface area contributed by atoms with E-state index < -0.39 is 0 Å². The van der Waals surface area contributed by atoms with E-state index in [0.29, 0.717) is 5.92 Å². The molecule has 0 radical (unpaired) electrons. The van der Waals surface area contributed by atoms with E-state index in [0.717, 1.165) is 0 Å². The number of rotatable bonds is 2. The van der Waals surface area contributed by atoms with E-state index in [1.54, 1.807) is 0 Å². The topological polar surface area (TPSA) is 8.17 Å². The van der Waals surface area contributed by atoms with E-state index in [9.17, 15) is 0 Å². The van der Waals surface area contributed by atoms with Crippen molar-refractivity contribution in [3.05, 3.63) is 187 Å². The first-order valence-corrected chi connectivity index (χ1v) is 18.7. The summed E-state index contributed by atoms with van der Waals surface area (Å²) >= 11 is 0. The van der Waals surface area contributed by atoms with Crippen molar-refractivity contribution in [3.63, 3.8) is 0 Å². The molecule has 53 heavy (non-hydrogen) atoms. The number of benzene rings is 8.